The first kappa shape index (κ1) is 19.7. The van der Waals surface area contributed by atoms with Gasteiger partial charge in [0.05, 0.1) is 0 Å². The van der Waals surface area contributed by atoms with Crippen molar-refractivity contribution in [3.05, 3.63) is 29.8 Å². The van der Waals surface area contributed by atoms with Gasteiger partial charge in [0, 0.05) is 24.2 Å². The van der Waals surface area contributed by atoms with Crippen LogP contribution in [0.25, 0.3) is 0 Å². The second kappa shape index (κ2) is 6.93. The zero-order valence-electron chi connectivity index (χ0n) is 14.2. The van der Waals surface area contributed by atoms with E-state index in [1.54, 1.807) is 29.2 Å². The van der Waals surface area contributed by atoms with E-state index in [0.717, 1.165) is 6.42 Å². The van der Waals surface area contributed by atoms with Gasteiger partial charge in [-0.3, -0.25) is 4.79 Å². The highest BCUT2D eigenvalue weighted by atomic mass is 35.5. The lowest BCUT2D eigenvalue weighted by atomic mass is 10.1. The Labute approximate surface area is 154 Å². The lowest BCUT2D eigenvalue weighted by Gasteiger charge is -2.27. The van der Waals surface area contributed by atoms with Gasteiger partial charge in [0.1, 0.15) is 10.9 Å². The fourth-order valence-electron chi connectivity index (χ4n) is 3.02. The number of sulfonamides is 1. The predicted molar refractivity (Wildman–Crippen MR) is 98.4 cm³/mol. The zero-order valence-corrected chi connectivity index (χ0v) is 15.9. The minimum absolute atomic E-state index is 0. The smallest absolute Gasteiger partial charge is 0.285 e. The van der Waals surface area contributed by atoms with Crippen LogP contribution in [0.4, 0.5) is 0 Å². The van der Waals surface area contributed by atoms with Gasteiger partial charge in [-0.05, 0) is 38.8 Å². The van der Waals surface area contributed by atoms with Gasteiger partial charge in [-0.25, -0.2) is 0 Å². The van der Waals surface area contributed by atoms with Gasteiger partial charge in [0.2, 0.25) is 5.91 Å². The Morgan fingerprint density at radius 2 is 2.08 bits per heavy atom. The molecule has 2 aliphatic heterocycles. The molecule has 1 unspecified atom stereocenters. The molecule has 3 N–H and O–H groups in total. The van der Waals surface area contributed by atoms with Crippen LogP contribution in [0.5, 0.6) is 0 Å². The minimum Gasteiger partial charge on any atom is -0.352 e. The molecule has 7 nitrogen and oxygen atoms in total. The second-order valence-corrected chi connectivity index (χ2v) is 8.52. The number of rotatable bonds is 3. The summed E-state index contributed by atoms with van der Waals surface area (Å²) in [6.45, 7) is 4.64. The number of benzene rings is 1. The molecule has 0 aromatic heterocycles. The lowest BCUT2D eigenvalue weighted by Crippen LogP contribution is -2.51. The van der Waals surface area contributed by atoms with E-state index >= 15 is 0 Å². The highest BCUT2D eigenvalue weighted by Crippen LogP contribution is 2.31. The first-order valence-electron chi connectivity index (χ1n) is 7.97. The summed E-state index contributed by atoms with van der Waals surface area (Å²) in [5.41, 5.74) is 5.97. The number of fused-ring (bicyclic) bond motifs is 1. The van der Waals surface area contributed by atoms with E-state index in [2.05, 4.69) is 9.71 Å². The van der Waals surface area contributed by atoms with Crippen LogP contribution >= 0.6 is 12.4 Å². The van der Waals surface area contributed by atoms with Crippen LogP contribution in [0, 0.1) is 0 Å². The van der Waals surface area contributed by atoms with E-state index in [-0.39, 0.29) is 23.2 Å². The third-order valence-electron chi connectivity index (χ3n) is 4.16. The summed E-state index contributed by atoms with van der Waals surface area (Å²) in [4.78, 5) is 14.5. The van der Waals surface area contributed by atoms with Gasteiger partial charge in [-0.15, -0.1) is 16.8 Å². The van der Waals surface area contributed by atoms with E-state index in [1.165, 1.54) is 0 Å². The third kappa shape index (κ3) is 3.96. The summed E-state index contributed by atoms with van der Waals surface area (Å²) in [7, 11) is -3.68. The van der Waals surface area contributed by atoms with E-state index in [1.807, 2.05) is 13.8 Å². The quantitative estimate of drug-likeness (QED) is 0.802. The maximum absolute atomic E-state index is 12.5. The number of halogens is 1. The maximum atomic E-state index is 12.5. The predicted octanol–water partition coefficient (Wildman–Crippen LogP) is 0.875. The minimum atomic E-state index is -3.68. The Balaban J connectivity index is 0.00000225. The molecular formula is C16H23ClN4O3S. The van der Waals surface area contributed by atoms with Gasteiger partial charge in [-0.2, -0.15) is 8.42 Å². The fraction of sp³-hybridized carbons (Fsp3) is 0.500. The van der Waals surface area contributed by atoms with Crippen molar-refractivity contribution in [2.45, 2.75) is 43.2 Å². The van der Waals surface area contributed by atoms with Crippen molar-refractivity contribution < 1.29 is 13.2 Å². The Bertz CT molecular complexity index is 802. The van der Waals surface area contributed by atoms with E-state index in [0.29, 0.717) is 30.9 Å². The number of nitrogens with one attached hydrogen (secondary N) is 1. The van der Waals surface area contributed by atoms with Crippen LogP contribution in [-0.4, -0.2) is 49.7 Å². The summed E-state index contributed by atoms with van der Waals surface area (Å²) in [5.74, 6) is 0.228. The zero-order chi connectivity index (χ0) is 17.5. The molecule has 1 amide bonds. The van der Waals surface area contributed by atoms with Crippen LogP contribution in [0.2, 0.25) is 0 Å². The van der Waals surface area contributed by atoms with Crippen LogP contribution in [0.1, 0.15) is 32.3 Å². The number of nitrogens with two attached hydrogens (primary N) is 1. The molecular weight excluding hydrogens is 364 g/mol. The molecule has 3 rings (SSSR count). The molecule has 138 valence electrons. The summed E-state index contributed by atoms with van der Waals surface area (Å²) in [6.07, 6.45) is 1.48. The fourth-order valence-corrected chi connectivity index (χ4v) is 4.24. The Hall–Kier alpha value is -1.64. The van der Waals surface area contributed by atoms with Crippen molar-refractivity contribution in [2.24, 2.45) is 10.1 Å². The SMILES string of the molecule is CC(C)(N)CNC(=O)C1CCCN1C1=NS(=O)(=O)c2ccccc21.Cl. The Morgan fingerprint density at radius 1 is 1.40 bits per heavy atom. The summed E-state index contributed by atoms with van der Waals surface area (Å²) in [6, 6.07) is 6.30. The van der Waals surface area contributed by atoms with Crippen molar-refractivity contribution in [1.82, 2.24) is 10.2 Å². The third-order valence-corrected chi connectivity index (χ3v) is 5.48. The normalized spacial score (nSPS) is 21.3. The molecule has 2 aliphatic rings. The number of hydrogen-bond donors (Lipinski definition) is 2. The molecule has 1 aromatic carbocycles. The first-order chi connectivity index (χ1) is 11.2. The number of carbonyl (C=O) groups is 1. The first-order valence-corrected chi connectivity index (χ1v) is 9.41. The number of carbonyl (C=O) groups excluding carboxylic acids is 1. The highest BCUT2D eigenvalue weighted by molar-refractivity contribution is 7.90. The van der Waals surface area contributed by atoms with Crippen LogP contribution < -0.4 is 11.1 Å². The van der Waals surface area contributed by atoms with Gasteiger partial charge in [-0.1, -0.05) is 12.1 Å². The number of hydrogen-bond acceptors (Lipinski definition) is 5. The molecule has 0 bridgehead atoms. The van der Waals surface area contributed by atoms with Crippen LogP contribution in [-0.2, 0) is 14.8 Å². The van der Waals surface area contributed by atoms with E-state index in [4.69, 9.17) is 5.73 Å². The molecule has 25 heavy (non-hydrogen) atoms. The van der Waals surface area contributed by atoms with E-state index in [9.17, 15) is 13.2 Å². The van der Waals surface area contributed by atoms with Crippen molar-refractivity contribution in [3.63, 3.8) is 0 Å². The summed E-state index contributed by atoms with van der Waals surface area (Å²) >= 11 is 0. The molecule has 1 saturated heterocycles. The molecule has 0 radical (unpaired) electrons. The maximum Gasteiger partial charge on any atom is 0.285 e. The van der Waals surface area contributed by atoms with E-state index < -0.39 is 21.6 Å². The molecule has 9 heteroatoms. The van der Waals surface area contributed by atoms with Gasteiger partial charge < -0.3 is 16.0 Å². The van der Waals surface area contributed by atoms with Gasteiger partial charge in [0.25, 0.3) is 10.0 Å². The van der Waals surface area contributed by atoms with Gasteiger partial charge >= 0.3 is 0 Å². The summed E-state index contributed by atoms with van der Waals surface area (Å²) < 4.78 is 28.4. The highest BCUT2D eigenvalue weighted by Gasteiger charge is 2.39. The van der Waals surface area contributed by atoms with Crippen molar-refractivity contribution in [3.8, 4) is 0 Å². The average molecular weight is 387 g/mol. The van der Waals surface area contributed by atoms with Crippen molar-refractivity contribution >= 4 is 34.2 Å². The lowest BCUT2D eigenvalue weighted by molar-refractivity contribution is -0.124. The number of amidine groups is 1. The topological polar surface area (TPSA) is 105 Å². The van der Waals surface area contributed by atoms with Crippen LogP contribution in [0.15, 0.2) is 33.6 Å². The Morgan fingerprint density at radius 3 is 2.76 bits per heavy atom. The van der Waals surface area contributed by atoms with Crippen molar-refractivity contribution in [2.75, 3.05) is 13.1 Å². The summed E-state index contributed by atoms with van der Waals surface area (Å²) in [5, 5.41) is 2.85. The molecule has 1 atom stereocenters. The molecule has 1 aromatic rings. The van der Waals surface area contributed by atoms with Crippen molar-refractivity contribution in [1.29, 1.82) is 0 Å². The second-order valence-electron chi connectivity index (χ2n) is 6.94. The molecule has 2 heterocycles. The standard InChI is InChI=1S/C16H22N4O3S.ClH/c1-16(2,17)10-18-15(21)12-7-5-9-20(12)14-11-6-3-4-8-13(11)24(22,23)19-14;/h3-4,6,8,12H,5,7,9-10,17H2,1-2H3,(H,18,21);1H. The Kier molecular flexibility index (Phi) is 5.46. The monoisotopic (exact) mass is 386 g/mol. The molecule has 0 aliphatic carbocycles. The number of nitrogens with zero attached hydrogens (tertiary/aromatic N) is 2. The van der Waals surface area contributed by atoms with Gasteiger partial charge in [0.15, 0.2) is 5.84 Å². The molecule has 0 spiro atoms. The number of amides is 1. The number of likely N-dealkylation sites (tertiary alicyclic amines) is 1. The molecule has 1 fully saturated rings. The molecule has 0 saturated carbocycles. The van der Waals surface area contributed by atoms with Crippen LogP contribution in [0.3, 0.4) is 0 Å². The average Bonchev–Trinajstić information content (AvgIpc) is 3.08. The largest absolute Gasteiger partial charge is 0.352 e.